The number of carbonyl (C=O) groups excluding carboxylic acids is 1. The van der Waals surface area contributed by atoms with E-state index in [-0.39, 0.29) is 18.3 Å². The van der Waals surface area contributed by atoms with Gasteiger partial charge in [-0.1, -0.05) is 29.8 Å². The number of benzene rings is 1. The molecule has 2 rings (SSSR count). The number of esters is 1. The maximum absolute atomic E-state index is 13.6. The van der Waals surface area contributed by atoms with Gasteiger partial charge in [0.25, 0.3) is 0 Å². The van der Waals surface area contributed by atoms with Gasteiger partial charge in [-0.15, -0.1) is 0 Å². The molecule has 0 amide bonds. The molecule has 0 aliphatic carbocycles. The van der Waals surface area contributed by atoms with Crippen LogP contribution in [0.5, 0.6) is 0 Å². The van der Waals surface area contributed by atoms with E-state index in [1.54, 1.807) is 6.07 Å². The zero-order valence-electron chi connectivity index (χ0n) is 12.9. The van der Waals surface area contributed by atoms with Crippen LogP contribution >= 0.6 is 15.9 Å². The van der Waals surface area contributed by atoms with E-state index in [9.17, 15) is 9.18 Å². The second kappa shape index (κ2) is 8.04. The minimum absolute atomic E-state index is 0.0655. The first-order chi connectivity index (χ1) is 10.5. The van der Waals surface area contributed by atoms with Crippen LogP contribution in [0.25, 0.3) is 0 Å². The summed E-state index contributed by atoms with van der Waals surface area (Å²) < 4.78 is 25.1. The van der Waals surface area contributed by atoms with E-state index in [1.807, 2.05) is 0 Å². The van der Waals surface area contributed by atoms with Crippen LogP contribution < -0.4 is 0 Å². The second-order valence-electron chi connectivity index (χ2n) is 5.87. The fourth-order valence-electron chi connectivity index (χ4n) is 2.46. The number of nitrogens with zero attached hydrogens (tertiary/aromatic N) is 1. The molecule has 0 bridgehead atoms. The standard InChI is InChI=1S/C16H21BrFNO3/c1-11(2)8-19-5-6-21-13(9-19)10-22-16(20)14-7-12(17)3-4-15(14)18/h3-4,7,11,13H,5-6,8-10H2,1-2H3. The number of halogens is 2. The molecule has 0 aromatic heterocycles. The van der Waals surface area contributed by atoms with Crippen LogP contribution in [-0.4, -0.2) is 49.8 Å². The molecule has 1 saturated heterocycles. The van der Waals surface area contributed by atoms with Crippen LogP contribution in [0.15, 0.2) is 22.7 Å². The molecule has 0 radical (unpaired) electrons. The van der Waals surface area contributed by atoms with Crippen molar-refractivity contribution < 1.29 is 18.7 Å². The molecule has 1 aliphatic rings. The van der Waals surface area contributed by atoms with Crippen molar-refractivity contribution >= 4 is 21.9 Å². The summed E-state index contributed by atoms with van der Waals surface area (Å²) in [7, 11) is 0. The van der Waals surface area contributed by atoms with Crippen molar-refractivity contribution in [3.8, 4) is 0 Å². The lowest BCUT2D eigenvalue weighted by molar-refractivity contribution is -0.0613. The first-order valence-electron chi connectivity index (χ1n) is 7.42. The highest BCUT2D eigenvalue weighted by Crippen LogP contribution is 2.17. The van der Waals surface area contributed by atoms with Crippen molar-refractivity contribution in [1.29, 1.82) is 0 Å². The van der Waals surface area contributed by atoms with Gasteiger partial charge in [0, 0.05) is 24.1 Å². The van der Waals surface area contributed by atoms with Gasteiger partial charge in [0.05, 0.1) is 12.2 Å². The molecule has 1 heterocycles. The molecule has 1 atom stereocenters. The average Bonchev–Trinajstić information content (AvgIpc) is 2.47. The van der Waals surface area contributed by atoms with E-state index >= 15 is 0 Å². The Balaban J connectivity index is 1.86. The highest BCUT2D eigenvalue weighted by Gasteiger charge is 2.23. The van der Waals surface area contributed by atoms with Crippen molar-refractivity contribution in [3.05, 3.63) is 34.1 Å². The van der Waals surface area contributed by atoms with E-state index in [4.69, 9.17) is 9.47 Å². The lowest BCUT2D eigenvalue weighted by atomic mass is 10.2. The maximum atomic E-state index is 13.6. The van der Waals surface area contributed by atoms with E-state index in [0.717, 1.165) is 19.6 Å². The van der Waals surface area contributed by atoms with E-state index in [1.165, 1.54) is 12.1 Å². The molecular weight excluding hydrogens is 353 g/mol. The number of hydrogen-bond acceptors (Lipinski definition) is 4. The summed E-state index contributed by atoms with van der Waals surface area (Å²) in [4.78, 5) is 14.3. The highest BCUT2D eigenvalue weighted by atomic mass is 79.9. The Morgan fingerprint density at radius 3 is 3.05 bits per heavy atom. The van der Waals surface area contributed by atoms with E-state index < -0.39 is 11.8 Å². The van der Waals surface area contributed by atoms with Crippen molar-refractivity contribution in [1.82, 2.24) is 4.90 Å². The maximum Gasteiger partial charge on any atom is 0.341 e. The first kappa shape index (κ1) is 17.4. The summed E-state index contributed by atoms with van der Waals surface area (Å²) in [6.07, 6.45) is -0.160. The Kier molecular flexibility index (Phi) is 6.35. The second-order valence-corrected chi connectivity index (χ2v) is 6.78. The van der Waals surface area contributed by atoms with Crippen molar-refractivity contribution in [2.75, 3.05) is 32.8 Å². The number of ether oxygens (including phenoxy) is 2. The predicted molar refractivity (Wildman–Crippen MR) is 85.4 cm³/mol. The predicted octanol–water partition coefficient (Wildman–Crippen LogP) is 3.10. The third-order valence-electron chi connectivity index (χ3n) is 3.39. The van der Waals surface area contributed by atoms with Crippen LogP contribution in [0.1, 0.15) is 24.2 Å². The molecule has 1 aromatic rings. The number of rotatable bonds is 5. The number of carbonyl (C=O) groups is 1. The molecule has 22 heavy (non-hydrogen) atoms. The molecule has 0 saturated carbocycles. The minimum Gasteiger partial charge on any atom is -0.459 e. The van der Waals surface area contributed by atoms with Gasteiger partial charge < -0.3 is 9.47 Å². The Morgan fingerprint density at radius 2 is 2.32 bits per heavy atom. The summed E-state index contributed by atoms with van der Waals surface area (Å²) in [5, 5.41) is 0. The fourth-order valence-corrected chi connectivity index (χ4v) is 2.82. The van der Waals surface area contributed by atoms with Gasteiger partial charge in [0.1, 0.15) is 18.5 Å². The normalized spacial score (nSPS) is 19.4. The lowest BCUT2D eigenvalue weighted by Gasteiger charge is -2.33. The van der Waals surface area contributed by atoms with Gasteiger partial charge in [0.15, 0.2) is 0 Å². The van der Waals surface area contributed by atoms with Gasteiger partial charge in [0.2, 0.25) is 0 Å². The number of morpholine rings is 1. The average molecular weight is 374 g/mol. The minimum atomic E-state index is -0.664. The summed E-state index contributed by atoms with van der Waals surface area (Å²) >= 11 is 3.22. The fraction of sp³-hybridized carbons (Fsp3) is 0.562. The molecular formula is C16H21BrFNO3. The Bertz CT molecular complexity index is 524. The topological polar surface area (TPSA) is 38.8 Å². The van der Waals surface area contributed by atoms with Gasteiger partial charge in [-0.05, 0) is 24.1 Å². The Hall–Kier alpha value is -0.980. The third-order valence-corrected chi connectivity index (χ3v) is 3.89. The summed E-state index contributed by atoms with van der Waals surface area (Å²) in [6.45, 7) is 7.71. The molecule has 0 spiro atoms. The van der Waals surface area contributed by atoms with E-state index in [0.29, 0.717) is 17.0 Å². The zero-order valence-corrected chi connectivity index (χ0v) is 14.4. The Morgan fingerprint density at radius 1 is 1.55 bits per heavy atom. The smallest absolute Gasteiger partial charge is 0.341 e. The van der Waals surface area contributed by atoms with Crippen LogP contribution in [0, 0.1) is 11.7 Å². The van der Waals surface area contributed by atoms with Gasteiger partial charge in [-0.25, -0.2) is 9.18 Å². The van der Waals surface area contributed by atoms with Gasteiger partial charge in [-0.3, -0.25) is 4.90 Å². The molecule has 1 aromatic carbocycles. The van der Waals surface area contributed by atoms with Crippen LogP contribution in [0.4, 0.5) is 4.39 Å². The molecule has 1 aliphatic heterocycles. The third kappa shape index (κ3) is 5.04. The Labute approximate surface area is 138 Å². The first-order valence-corrected chi connectivity index (χ1v) is 8.21. The molecule has 6 heteroatoms. The molecule has 4 nitrogen and oxygen atoms in total. The lowest BCUT2D eigenvalue weighted by Crippen LogP contribution is -2.45. The highest BCUT2D eigenvalue weighted by molar-refractivity contribution is 9.10. The summed E-state index contributed by atoms with van der Waals surface area (Å²) in [5.41, 5.74) is -0.0655. The largest absolute Gasteiger partial charge is 0.459 e. The monoisotopic (exact) mass is 373 g/mol. The number of hydrogen-bond donors (Lipinski definition) is 0. The molecule has 1 fully saturated rings. The van der Waals surface area contributed by atoms with Crippen molar-refractivity contribution in [2.24, 2.45) is 5.92 Å². The SMILES string of the molecule is CC(C)CN1CCOC(COC(=O)c2cc(Br)ccc2F)C1. The summed E-state index contributed by atoms with van der Waals surface area (Å²) in [5.74, 6) is -0.667. The quantitative estimate of drug-likeness (QED) is 0.743. The van der Waals surface area contributed by atoms with Gasteiger partial charge >= 0.3 is 5.97 Å². The van der Waals surface area contributed by atoms with E-state index in [2.05, 4.69) is 34.7 Å². The molecule has 1 unspecified atom stereocenters. The molecule has 122 valence electrons. The summed E-state index contributed by atoms with van der Waals surface area (Å²) in [6, 6.07) is 4.20. The van der Waals surface area contributed by atoms with Crippen molar-refractivity contribution in [2.45, 2.75) is 20.0 Å². The zero-order chi connectivity index (χ0) is 16.1. The van der Waals surface area contributed by atoms with Crippen LogP contribution in [-0.2, 0) is 9.47 Å². The van der Waals surface area contributed by atoms with Crippen LogP contribution in [0.3, 0.4) is 0 Å². The van der Waals surface area contributed by atoms with Gasteiger partial charge in [-0.2, -0.15) is 0 Å². The molecule has 0 N–H and O–H groups in total. The van der Waals surface area contributed by atoms with Crippen molar-refractivity contribution in [3.63, 3.8) is 0 Å². The van der Waals surface area contributed by atoms with Crippen LogP contribution in [0.2, 0.25) is 0 Å².